The van der Waals surface area contributed by atoms with Crippen LogP contribution in [0.15, 0.2) is 194 Å². The molecule has 1 unspecified atom stereocenters. The SMILES string of the molecule is CC(C)c1ccc(OCC2CCCN2C(=O)OC(C)(C)C)cc1.CC(C)c1ccc(OCC2CCN(C(=O)OC(C)(C)C)CC2)cc1.CC(C)c1ccc(OCC2CCNCC2)cc1.CC(C)c1ccc(OCCCCN)cc1.CC(C)c1ccc(OCCCCNC(=O)OC(C)(C)C)cc1.CC(C)c1ccc(OCCN2CCCCC2)cc1.CC(C)c1ccc(OCCN2CCOCC2)cc1.COc1ccccc1C(C)C. The molecule has 13 rings (SSSR count). The molecule has 5 aliphatic heterocycles. The first-order valence-electron chi connectivity index (χ1n) is 55.6. The first kappa shape index (κ1) is 126. The van der Waals surface area contributed by atoms with Crippen LogP contribution in [0.3, 0.4) is 0 Å². The van der Waals surface area contributed by atoms with Gasteiger partial charge in [-0.25, -0.2) is 14.4 Å². The molecule has 22 heteroatoms. The van der Waals surface area contributed by atoms with E-state index < -0.39 is 16.8 Å². The van der Waals surface area contributed by atoms with Gasteiger partial charge < -0.3 is 83.0 Å². The molecule has 5 aliphatic rings. The van der Waals surface area contributed by atoms with Gasteiger partial charge in [-0.2, -0.15) is 0 Å². The molecule has 8 aromatic carbocycles. The molecule has 0 bridgehead atoms. The number of benzene rings is 8. The maximum Gasteiger partial charge on any atom is 0.410 e. The number of alkyl carbamates (subject to hydrolysis) is 1. The molecule has 0 aliphatic carbocycles. The average Bonchev–Trinajstić information content (AvgIpc) is 1.68. The second-order valence-electron chi connectivity index (χ2n) is 44.9. The Kier molecular flexibility index (Phi) is 59.2. The summed E-state index contributed by atoms with van der Waals surface area (Å²) in [5.41, 5.74) is 14.7. The molecule has 5 fully saturated rings. The molecule has 8 aromatic rings. The smallest absolute Gasteiger partial charge is 0.410 e. The predicted molar refractivity (Wildman–Crippen MR) is 611 cm³/mol. The number of hydrogen-bond acceptors (Lipinski definition) is 19. The van der Waals surface area contributed by atoms with Gasteiger partial charge in [-0.05, 0) is 367 Å². The van der Waals surface area contributed by atoms with E-state index in [0.717, 1.165) is 208 Å². The highest BCUT2D eigenvalue weighted by Gasteiger charge is 2.34. The zero-order valence-electron chi connectivity index (χ0n) is 96.1. The standard InChI is InChI=1S/C20H31NO3.C19H29NO3.C18H29NO3.C16H25NO.C15H23NO2.C15H23NO.C13H21NO.C10H14O/c1-15(2)17-6-8-18(9-7-17)23-14-16-10-12-21(13-11-16)19(22)24-20(3,4)5;1-14(2)15-8-10-17(11-9-15)22-13-16-7-6-12-20(16)18(21)23-19(3,4)5;1-14(2)15-8-10-16(11-9-15)21-13-7-6-12-19-17(20)22-18(3,4)5;1-14(2)15-6-8-16(9-7-15)18-13-12-17-10-4-3-5-11-17;1-13(2)14-3-5-15(6-4-14)18-12-9-16-7-10-17-11-8-16;1-12(2)14-3-5-15(6-4-14)17-11-13-7-9-16-10-8-13;1-11(2)12-5-7-13(8-6-12)15-10-4-3-9-14;1-8(2)9-6-4-5-7-10(9)11-3/h6-9,15-16H,10-14H2,1-5H3;8-11,14,16H,6-7,12-13H2,1-5H3;8-11,14H,6-7,12-13H2,1-5H3,(H,19,20);6-9,14H,3-5,10-13H2,1-2H3;3-6,13H,7-12H2,1-2H3;3-6,12-13,16H,7-11H2,1-2H3;5-8,11H,3-4,9-10,14H2,1-2H3;4-8H,1-3H3. The number of amides is 3. The van der Waals surface area contributed by atoms with Gasteiger partial charge in [0.05, 0.1) is 52.8 Å². The van der Waals surface area contributed by atoms with Crippen molar-refractivity contribution in [2.75, 3.05) is 152 Å². The summed E-state index contributed by atoms with van der Waals surface area (Å²) in [7, 11) is 1.71. The summed E-state index contributed by atoms with van der Waals surface area (Å²) in [5.74, 6) is 13.3. The van der Waals surface area contributed by atoms with Crippen LogP contribution in [0, 0.1) is 11.8 Å². The number of para-hydroxylation sites is 1. The van der Waals surface area contributed by atoms with Crippen molar-refractivity contribution in [3.8, 4) is 46.0 Å². The van der Waals surface area contributed by atoms with Crippen LogP contribution in [0.2, 0.25) is 0 Å². The minimum absolute atomic E-state index is 0.0922. The lowest BCUT2D eigenvalue weighted by Gasteiger charge is -2.33. The van der Waals surface area contributed by atoms with Crippen LogP contribution in [0.5, 0.6) is 46.0 Å². The van der Waals surface area contributed by atoms with Crippen LogP contribution in [-0.4, -0.2) is 212 Å². The summed E-state index contributed by atoms with van der Waals surface area (Å²) in [6.07, 6.45) is 13.5. The second-order valence-corrected chi connectivity index (χ2v) is 44.9. The van der Waals surface area contributed by atoms with E-state index in [1.54, 1.807) is 16.9 Å². The van der Waals surface area contributed by atoms with Crippen molar-refractivity contribution in [2.45, 2.75) is 327 Å². The number of hydrogen-bond donors (Lipinski definition) is 3. The van der Waals surface area contributed by atoms with Gasteiger partial charge >= 0.3 is 18.3 Å². The van der Waals surface area contributed by atoms with Crippen molar-refractivity contribution < 1.29 is 71.2 Å². The number of carbonyl (C=O) groups is 3. The van der Waals surface area contributed by atoms with Gasteiger partial charge in [0.15, 0.2) is 0 Å². The van der Waals surface area contributed by atoms with Crippen molar-refractivity contribution >= 4 is 18.3 Å². The quantitative estimate of drug-likeness (QED) is 0.0243. The minimum atomic E-state index is -0.461. The van der Waals surface area contributed by atoms with E-state index in [1.807, 2.05) is 129 Å². The number of ether oxygens (including phenoxy) is 12. The number of unbranched alkanes of at least 4 members (excludes halogenated alkanes) is 2. The first-order chi connectivity index (χ1) is 70.5. The Balaban J connectivity index is 0.000000260. The van der Waals surface area contributed by atoms with Crippen LogP contribution in [0.1, 0.15) is 348 Å². The third-order valence-electron chi connectivity index (χ3n) is 26.0. The van der Waals surface area contributed by atoms with Crippen molar-refractivity contribution in [2.24, 2.45) is 17.6 Å². The largest absolute Gasteiger partial charge is 0.496 e. The van der Waals surface area contributed by atoms with Gasteiger partial charge in [-0.3, -0.25) is 9.80 Å². The third kappa shape index (κ3) is 54.0. The molecular formula is C126H195N7O15. The fourth-order valence-corrected chi connectivity index (χ4v) is 16.6. The number of nitrogens with two attached hydrogens (primary N) is 1. The van der Waals surface area contributed by atoms with E-state index in [9.17, 15) is 14.4 Å². The highest BCUT2D eigenvalue weighted by Crippen LogP contribution is 2.32. The summed E-state index contributed by atoms with van der Waals surface area (Å²) in [6.45, 7) is 71.2. The van der Waals surface area contributed by atoms with Crippen LogP contribution >= 0.6 is 0 Å². The molecule has 148 heavy (non-hydrogen) atoms. The molecule has 0 saturated carbocycles. The molecule has 0 spiro atoms. The molecule has 5 heterocycles. The number of rotatable bonds is 37. The number of carbonyl (C=O) groups excluding carboxylic acids is 3. The number of nitrogens with one attached hydrogen (secondary N) is 2. The molecule has 0 aromatic heterocycles. The third-order valence-corrected chi connectivity index (χ3v) is 26.0. The molecule has 824 valence electrons. The molecule has 5 saturated heterocycles. The average molecular weight is 2050 g/mol. The second kappa shape index (κ2) is 69.3. The molecule has 22 nitrogen and oxygen atoms in total. The predicted octanol–water partition coefficient (Wildman–Crippen LogP) is 29.0. The van der Waals surface area contributed by atoms with Crippen LogP contribution < -0.4 is 54.3 Å². The van der Waals surface area contributed by atoms with E-state index in [1.165, 1.54) is 89.7 Å². The van der Waals surface area contributed by atoms with Crippen molar-refractivity contribution in [3.63, 3.8) is 0 Å². The lowest BCUT2D eigenvalue weighted by Crippen LogP contribution is -2.42. The summed E-state index contributed by atoms with van der Waals surface area (Å²) in [4.78, 5) is 44.2. The molecule has 1 atom stereocenters. The Labute approximate surface area is 895 Å². The van der Waals surface area contributed by atoms with Crippen molar-refractivity contribution in [1.82, 2.24) is 30.2 Å². The Hall–Kier alpha value is -10.2. The normalized spacial score (nSPS) is 15.2. The van der Waals surface area contributed by atoms with E-state index in [4.69, 9.17) is 62.6 Å². The molecule has 3 amide bonds. The summed E-state index contributed by atoms with van der Waals surface area (Å²) < 4.78 is 67.1. The van der Waals surface area contributed by atoms with Crippen LogP contribution in [-0.2, 0) is 18.9 Å². The highest BCUT2D eigenvalue weighted by molar-refractivity contribution is 5.69. The van der Waals surface area contributed by atoms with Crippen LogP contribution in [0.25, 0.3) is 0 Å². The Morgan fingerprint density at radius 3 is 1.05 bits per heavy atom. The maximum atomic E-state index is 12.3. The minimum Gasteiger partial charge on any atom is -0.496 e. The van der Waals surface area contributed by atoms with Crippen molar-refractivity contribution in [3.05, 3.63) is 239 Å². The van der Waals surface area contributed by atoms with E-state index in [2.05, 4.69) is 259 Å². The monoisotopic (exact) mass is 2050 g/mol. The number of piperidine rings is 3. The van der Waals surface area contributed by atoms with E-state index >= 15 is 0 Å². The molecule has 0 radical (unpaired) electrons. The van der Waals surface area contributed by atoms with Gasteiger partial charge in [-0.15, -0.1) is 0 Å². The zero-order chi connectivity index (χ0) is 108. The first-order valence-corrected chi connectivity index (χ1v) is 55.6. The molecule has 4 N–H and O–H groups in total. The van der Waals surface area contributed by atoms with Gasteiger partial charge in [0.1, 0.15) is 82.6 Å². The summed E-state index contributed by atoms with van der Waals surface area (Å²) in [5, 5.41) is 6.12. The van der Waals surface area contributed by atoms with Crippen molar-refractivity contribution in [1.29, 1.82) is 0 Å². The number of nitrogens with zero attached hydrogens (tertiary/aromatic N) is 4. The maximum absolute atomic E-state index is 12.3. The number of methoxy groups -OCH3 is 1. The van der Waals surface area contributed by atoms with Gasteiger partial charge in [0, 0.05) is 52.4 Å². The fourth-order valence-electron chi connectivity index (χ4n) is 16.6. The van der Waals surface area contributed by atoms with Gasteiger partial charge in [0.2, 0.25) is 0 Å². The topological polar surface area (TPSA) is 225 Å². The zero-order valence-corrected chi connectivity index (χ0v) is 96.1. The number of morpholine rings is 1. The summed E-state index contributed by atoms with van der Waals surface area (Å²) >= 11 is 0. The van der Waals surface area contributed by atoms with Gasteiger partial charge in [-0.1, -0.05) is 220 Å². The van der Waals surface area contributed by atoms with Crippen LogP contribution in [0.4, 0.5) is 14.4 Å². The lowest BCUT2D eigenvalue weighted by molar-refractivity contribution is 0.0161. The Bertz CT molecular complexity index is 4720. The highest BCUT2D eigenvalue weighted by atomic mass is 16.6. The fraction of sp³-hybridized carbons (Fsp3) is 0.595. The lowest BCUT2D eigenvalue weighted by atomic mass is 9.98. The van der Waals surface area contributed by atoms with E-state index in [0.29, 0.717) is 79.6 Å². The summed E-state index contributed by atoms with van der Waals surface area (Å²) in [6, 6.07) is 66.8. The van der Waals surface area contributed by atoms with Gasteiger partial charge in [0.25, 0.3) is 0 Å². The van der Waals surface area contributed by atoms with E-state index in [-0.39, 0.29) is 24.3 Å². The molecular weight excluding hydrogens is 1850 g/mol. The Morgan fingerprint density at radius 1 is 0.358 bits per heavy atom. The number of likely N-dealkylation sites (tertiary alicyclic amines) is 3. The Morgan fingerprint density at radius 2 is 0.696 bits per heavy atom.